The average molecular weight is 317 g/mol. The van der Waals surface area contributed by atoms with Crippen molar-refractivity contribution in [1.29, 1.82) is 0 Å². The fourth-order valence-corrected chi connectivity index (χ4v) is 2.30. The molecule has 1 aromatic carbocycles. The van der Waals surface area contributed by atoms with Crippen molar-refractivity contribution in [2.24, 2.45) is 5.73 Å². The molecule has 2 heterocycles. The van der Waals surface area contributed by atoms with Crippen LogP contribution in [0.3, 0.4) is 0 Å². The Hall–Kier alpha value is -2.37. The fraction of sp³-hybridized carbons (Fsp3) is 0.125. The molecule has 0 aliphatic carbocycles. The van der Waals surface area contributed by atoms with Gasteiger partial charge in [0, 0.05) is 35.2 Å². The van der Waals surface area contributed by atoms with Gasteiger partial charge in [0.15, 0.2) is 0 Å². The van der Waals surface area contributed by atoms with E-state index in [1.54, 1.807) is 24.5 Å². The highest BCUT2D eigenvalue weighted by Crippen LogP contribution is 2.19. The number of benzene rings is 1. The molecule has 3 rings (SSSR count). The highest BCUT2D eigenvalue weighted by molar-refractivity contribution is 5.95. The third kappa shape index (κ3) is 3.44. The summed E-state index contributed by atoms with van der Waals surface area (Å²) in [5, 5.41) is 3.89. The maximum absolute atomic E-state index is 12.1. The standard InChI is InChI=1S/C16H16N4O.ClH/c17-14(16(21)20-12-5-7-18-8-6-12)9-11-10-19-15-4-2-1-3-13(11)15;/h1-8,10,14,19H,9,17H2,(H,18,20,21);1H/t14-;/m0./s1. The summed E-state index contributed by atoms with van der Waals surface area (Å²) >= 11 is 0. The van der Waals surface area contributed by atoms with Gasteiger partial charge in [0.1, 0.15) is 0 Å². The summed E-state index contributed by atoms with van der Waals surface area (Å²) in [6, 6.07) is 10.8. The van der Waals surface area contributed by atoms with Gasteiger partial charge in [-0.25, -0.2) is 0 Å². The Morgan fingerprint density at radius 2 is 1.95 bits per heavy atom. The Morgan fingerprint density at radius 1 is 1.23 bits per heavy atom. The molecule has 0 aliphatic heterocycles. The highest BCUT2D eigenvalue weighted by Gasteiger charge is 2.16. The van der Waals surface area contributed by atoms with E-state index in [2.05, 4.69) is 15.3 Å². The van der Waals surface area contributed by atoms with E-state index in [4.69, 9.17) is 5.73 Å². The quantitative estimate of drug-likeness (QED) is 0.691. The number of carbonyl (C=O) groups is 1. The molecule has 0 saturated carbocycles. The van der Waals surface area contributed by atoms with Gasteiger partial charge in [0.25, 0.3) is 0 Å². The lowest BCUT2D eigenvalue weighted by Crippen LogP contribution is -2.37. The molecule has 2 aromatic heterocycles. The summed E-state index contributed by atoms with van der Waals surface area (Å²) in [4.78, 5) is 19.2. The Labute approximate surface area is 134 Å². The Bertz CT molecular complexity index is 757. The van der Waals surface area contributed by atoms with Gasteiger partial charge >= 0.3 is 0 Å². The van der Waals surface area contributed by atoms with Gasteiger partial charge < -0.3 is 16.0 Å². The molecule has 1 amide bonds. The number of nitrogens with two attached hydrogens (primary N) is 1. The summed E-state index contributed by atoms with van der Waals surface area (Å²) < 4.78 is 0. The van der Waals surface area contributed by atoms with Crippen LogP contribution in [0, 0.1) is 0 Å². The SMILES string of the molecule is Cl.N[C@@H](Cc1c[nH]c2ccccc12)C(=O)Nc1ccncc1. The van der Waals surface area contributed by atoms with E-state index in [0.29, 0.717) is 12.1 Å². The van der Waals surface area contributed by atoms with E-state index in [1.165, 1.54) is 0 Å². The van der Waals surface area contributed by atoms with Gasteiger partial charge in [-0.3, -0.25) is 9.78 Å². The van der Waals surface area contributed by atoms with Crippen LogP contribution in [0.25, 0.3) is 10.9 Å². The third-order valence-electron chi connectivity index (χ3n) is 3.40. The minimum atomic E-state index is -0.600. The van der Waals surface area contributed by atoms with Gasteiger partial charge in [-0.05, 0) is 30.2 Å². The van der Waals surface area contributed by atoms with Crippen LogP contribution in [-0.2, 0) is 11.2 Å². The van der Waals surface area contributed by atoms with Crippen molar-refractivity contribution in [3.8, 4) is 0 Å². The number of fused-ring (bicyclic) bond motifs is 1. The average Bonchev–Trinajstić information content (AvgIpc) is 2.91. The molecule has 0 bridgehead atoms. The van der Waals surface area contributed by atoms with E-state index >= 15 is 0 Å². The molecule has 3 aromatic rings. The molecule has 0 saturated heterocycles. The van der Waals surface area contributed by atoms with Crippen molar-refractivity contribution in [2.75, 3.05) is 5.32 Å². The van der Waals surface area contributed by atoms with Crippen molar-refractivity contribution in [1.82, 2.24) is 9.97 Å². The Kier molecular flexibility index (Phi) is 5.14. The first-order valence-electron chi connectivity index (χ1n) is 6.75. The van der Waals surface area contributed by atoms with Gasteiger partial charge in [0.2, 0.25) is 5.91 Å². The molecular formula is C16H17ClN4O. The second-order valence-corrected chi connectivity index (χ2v) is 4.90. The van der Waals surface area contributed by atoms with Crippen LogP contribution in [0.5, 0.6) is 0 Å². The maximum atomic E-state index is 12.1. The van der Waals surface area contributed by atoms with Crippen molar-refractivity contribution in [2.45, 2.75) is 12.5 Å². The van der Waals surface area contributed by atoms with Crippen LogP contribution in [0.15, 0.2) is 55.0 Å². The molecule has 22 heavy (non-hydrogen) atoms. The van der Waals surface area contributed by atoms with E-state index < -0.39 is 6.04 Å². The van der Waals surface area contributed by atoms with Crippen molar-refractivity contribution < 1.29 is 4.79 Å². The van der Waals surface area contributed by atoms with Gasteiger partial charge in [-0.2, -0.15) is 0 Å². The van der Waals surface area contributed by atoms with Gasteiger partial charge in [0.05, 0.1) is 6.04 Å². The smallest absolute Gasteiger partial charge is 0.241 e. The summed E-state index contributed by atoms with van der Waals surface area (Å²) in [7, 11) is 0. The van der Waals surface area contributed by atoms with Crippen LogP contribution in [-0.4, -0.2) is 21.9 Å². The summed E-state index contributed by atoms with van der Waals surface area (Å²) in [6.45, 7) is 0. The molecule has 0 unspecified atom stereocenters. The first-order chi connectivity index (χ1) is 10.2. The number of pyridine rings is 1. The normalized spacial score (nSPS) is 11.7. The lowest BCUT2D eigenvalue weighted by Gasteiger charge is -2.11. The van der Waals surface area contributed by atoms with Crippen molar-refractivity contribution >= 4 is 34.9 Å². The number of amides is 1. The number of para-hydroxylation sites is 1. The number of rotatable bonds is 4. The minimum absolute atomic E-state index is 0. The molecule has 4 N–H and O–H groups in total. The van der Waals surface area contributed by atoms with E-state index in [9.17, 15) is 4.79 Å². The molecule has 0 fully saturated rings. The predicted octanol–water partition coefficient (Wildman–Crippen LogP) is 2.49. The highest BCUT2D eigenvalue weighted by atomic mass is 35.5. The molecule has 1 atom stereocenters. The van der Waals surface area contributed by atoms with Gasteiger partial charge in [-0.15, -0.1) is 12.4 Å². The number of anilines is 1. The molecule has 0 aliphatic rings. The molecule has 114 valence electrons. The monoisotopic (exact) mass is 316 g/mol. The summed E-state index contributed by atoms with van der Waals surface area (Å²) in [6.07, 6.45) is 5.65. The first-order valence-corrected chi connectivity index (χ1v) is 6.75. The number of hydrogen-bond donors (Lipinski definition) is 3. The number of hydrogen-bond acceptors (Lipinski definition) is 3. The molecule has 6 heteroatoms. The largest absolute Gasteiger partial charge is 0.361 e. The first kappa shape index (κ1) is 16.0. The minimum Gasteiger partial charge on any atom is -0.361 e. The number of carbonyl (C=O) groups excluding carboxylic acids is 1. The zero-order valence-corrected chi connectivity index (χ0v) is 12.6. The van der Waals surface area contributed by atoms with Crippen LogP contribution < -0.4 is 11.1 Å². The molecule has 5 nitrogen and oxygen atoms in total. The summed E-state index contributed by atoms with van der Waals surface area (Å²) in [5.74, 6) is -0.202. The maximum Gasteiger partial charge on any atom is 0.241 e. The Morgan fingerprint density at radius 3 is 2.73 bits per heavy atom. The molecular weight excluding hydrogens is 300 g/mol. The fourth-order valence-electron chi connectivity index (χ4n) is 2.30. The lowest BCUT2D eigenvalue weighted by molar-refractivity contribution is -0.117. The van der Waals surface area contributed by atoms with Crippen LogP contribution in [0.1, 0.15) is 5.56 Å². The zero-order chi connectivity index (χ0) is 14.7. The number of nitrogens with zero attached hydrogens (tertiary/aromatic N) is 1. The lowest BCUT2D eigenvalue weighted by atomic mass is 10.1. The van der Waals surface area contributed by atoms with E-state index in [-0.39, 0.29) is 18.3 Å². The van der Waals surface area contributed by atoms with Crippen molar-refractivity contribution in [3.63, 3.8) is 0 Å². The number of halogens is 1. The predicted molar refractivity (Wildman–Crippen MR) is 90.1 cm³/mol. The molecule has 0 radical (unpaired) electrons. The van der Waals surface area contributed by atoms with Gasteiger partial charge in [-0.1, -0.05) is 18.2 Å². The van der Waals surface area contributed by atoms with E-state index in [0.717, 1.165) is 16.5 Å². The van der Waals surface area contributed by atoms with Crippen LogP contribution in [0.4, 0.5) is 5.69 Å². The third-order valence-corrected chi connectivity index (χ3v) is 3.40. The zero-order valence-electron chi connectivity index (χ0n) is 11.8. The van der Waals surface area contributed by atoms with Crippen LogP contribution >= 0.6 is 12.4 Å². The molecule has 0 spiro atoms. The number of aromatic nitrogens is 2. The summed E-state index contributed by atoms with van der Waals surface area (Å²) in [5.41, 5.74) is 8.80. The number of aromatic amines is 1. The number of H-pyrrole nitrogens is 1. The van der Waals surface area contributed by atoms with Crippen LogP contribution in [0.2, 0.25) is 0 Å². The second kappa shape index (κ2) is 7.06. The second-order valence-electron chi connectivity index (χ2n) is 4.90. The Balaban J connectivity index is 0.00000176. The topological polar surface area (TPSA) is 83.8 Å². The van der Waals surface area contributed by atoms with E-state index in [1.807, 2.05) is 30.5 Å². The van der Waals surface area contributed by atoms with Crippen molar-refractivity contribution in [3.05, 3.63) is 60.6 Å². The number of nitrogens with one attached hydrogen (secondary N) is 2.